The van der Waals surface area contributed by atoms with E-state index in [1.807, 2.05) is 36.4 Å². The topological polar surface area (TPSA) is 83.5 Å². The van der Waals surface area contributed by atoms with Crippen LogP contribution < -0.4 is 5.32 Å². The van der Waals surface area contributed by atoms with Crippen LogP contribution in [0.4, 0.5) is 0 Å². The molecule has 0 aromatic heterocycles. The maximum absolute atomic E-state index is 12.3. The molecule has 2 N–H and O–H groups in total. The van der Waals surface area contributed by atoms with E-state index in [-0.39, 0.29) is 5.91 Å². The Morgan fingerprint density at radius 1 is 0.784 bits per heavy atom. The number of hydrogen-bond acceptors (Lipinski definition) is 3. The average molecular weight is 530 g/mol. The smallest absolute Gasteiger partial charge is 0.274 e. The third-order valence-electron chi connectivity index (χ3n) is 7.29. The van der Waals surface area contributed by atoms with E-state index in [0.717, 1.165) is 43.2 Å². The number of nitrogens with one attached hydrogen (secondary N) is 1. The van der Waals surface area contributed by atoms with Crippen LogP contribution in [0.1, 0.15) is 118 Å². The monoisotopic (exact) mass is 529 g/mol. The highest BCUT2D eigenvalue weighted by Gasteiger charge is 2.36. The molecule has 0 aliphatic carbocycles. The Bertz CT molecular complexity index is 1050. The second kappa shape index (κ2) is 15.9. The van der Waals surface area contributed by atoms with Gasteiger partial charge in [0.05, 0.1) is 0 Å². The van der Waals surface area contributed by atoms with Crippen molar-refractivity contribution in [1.82, 2.24) is 5.32 Å². The van der Waals surface area contributed by atoms with Crippen molar-refractivity contribution >= 4 is 16.0 Å². The molecule has 5 nitrogen and oxygen atoms in total. The molecular formula is C31H47NO4S. The lowest BCUT2D eigenvalue weighted by molar-refractivity contribution is 0.0953. The highest BCUT2D eigenvalue weighted by Crippen LogP contribution is 2.34. The molecule has 1 amide bonds. The number of carbonyl (C=O) groups is 1. The lowest BCUT2D eigenvalue weighted by Gasteiger charge is -2.26. The normalized spacial score (nSPS) is 12.0. The summed E-state index contributed by atoms with van der Waals surface area (Å²) in [5, 5.41) is 2.97. The first-order chi connectivity index (χ1) is 17.7. The van der Waals surface area contributed by atoms with Gasteiger partial charge in [0.15, 0.2) is 0 Å². The first-order valence-electron chi connectivity index (χ1n) is 14.1. The molecule has 206 valence electrons. The first kappa shape index (κ1) is 31.0. The van der Waals surface area contributed by atoms with Crippen LogP contribution in [0.3, 0.4) is 0 Å². The van der Waals surface area contributed by atoms with E-state index in [1.165, 1.54) is 51.4 Å². The Kier molecular flexibility index (Phi) is 13.4. The van der Waals surface area contributed by atoms with Gasteiger partial charge in [-0.05, 0) is 68.4 Å². The van der Waals surface area contributed by atoms with Crippen molar-refractivity contribution in [1.29, 1.82) is 0 Å². The third-order valence-corrected chi connectivity index (χ3v) is 8.80. The van der Waals surface area contributed by atoms with E-state index >= 15 is 0 Å². The number of aryl methyl sites for hydroxylation is 1. The molecule has 0 spiro atoms. The molecular weight excluding hydrogens is 482 g/mol. The van der Waals surface area contributed by atoms with Gasteiger partial charge in [-0.2, -0.15) is 8.42 Å². The molecule has 0 unspecified atom stereocenters. The van der Waals surface area contributed by atoms with Crippen LogP contribution in [0, 0.1) is 0 Å². The van der Waals surface area contributed by atoms with Crippen molar-refractivity contribution in [2.24, 2.45) is 0 Å². The Hall–Kier alpha value is -2.18. The fourth-order valence-corrected chi connectivity index (χ4v) is 5.30. The lowest BCUT2D eigenvalue weighted by Crippen LogP contribution is -2.30. The van der Waals surface area contributed by atoms with E-state index in [2.05, 4.69) is 12.2 Å². The van der Waals surface area contributed by atoms with Crippen LogP contribution in [0.2, 0.25) is 0 Å². The zero-order valence-electron chi connectivity index (χ0n) is 23.1. The summed E-state index contributed by atoms with van der Waals surface area (Å²) in [5.41, 5.74) is 3.44. The molecule has 0 saturated heterocycles. The molecule has 0 aliphatic rings. The lowest BCUT2D eigenvalue weighted by atomic mass is 9.88. The zero-order valence-corrected chi connectivity index (χ0v) is 23.9. The van der Waals surface area contributed by atoms with E-state index in [1.54, 1.807) is 26.0 Å². The minimum atomic E-state index is -4.27. The van der Waals surface area contributed by atoms with Gasteiger partial charge >= 0.3 is 0 Å². The van der Waals surface area contributed by atoms with Gasteiger partial charge in [0.25, 0.3) is 16.0 Å². The Balaban J connectivity index is 1.97. The molecule has 0 saturated carbocycles. The minimum Gasteiger partial charge on any atom is -0.352 e. The van der Waals surface area contributed by atoms with Gasteiger partial charge in [-0.15, -0.1) is 0 Å². The molecule has 0 atom stereocenters. The minimum absolute atomic E-state index is 0.0903. The third kappa shape index (κ3) is 10.2. The summed E-state index contributed by atoms with van der Waals surface area (Å²) in [6, 6.07) is 14.9. The van der Waals surface area contributed by atoms with Crippen LogP contribution in [0.25, 0.3) is 0 Å². The molecule has 0 fully saturated rings. The van der Waals surface area contributed by atoms with Gasteiger partial charge in [-0.3, -0.25) is 9.35 Å². The van der Waals surface area contributed by atoms with Crippen LogP contribution in [-0.2, 0) is 27.7 Å². The number of hydrogen-bond donors (Lipinski definition) is 2. The maximum Gasteiger partial charge on any atom is 0.274 e. The van der Waals surface area contributed by atoms with Gasteiger partial charge in [0, 0.05) is 12.1 Å². The van der Waals surface area contributed by atoms with Crippen molar-refractivity contribution in [3.63, 3.8) is 0 Å². The maximum atomic E-state index is 12.3. The predicted octanol–water partition coefficient (Wildman–Crippen LogP) is 7.64. The van der Waals surface area contributed by atoms with Crippen molar-refractivity contribution in [2.75, 3.05) is 6.54 Å². The average Bonchev–Trinajstić information content (AvgIpc) is 2.87. The second-order valence-corrected chi connectivity index (χ2v) is 12.6. The zero-order chi connectivity index (χ0) is 27.2. The summed E-state index contributed by atoms with van der Waals surface area (Å²) in [6.07, 6.45) is 14.7. The number of benzene rings is 2. The predicted molar refractivity (Wildman–Crippen MR) is 154 cm³/mol. The van der Waals surface area contributed by atoms with Gasteiger partial charge in [-0.25, -0.2) is 0 Å². The summed E-state index contributed by atoms with van der Waals surface area (Å²) in [4.78, 5) is 12.3. The van der Waals surface area contributed by atoms with Crippen molar-refractivity contribution in [3.8, 4) is 0 Å². The van der Waals surface area contributed by atoms with Crippen molar-refractivity contribution < 1.29 is 17.8 Å². The van der Waals surface area contributed by atoms with E-state index in [0.29, 0.717) is 17.7 Å². The fourth-order valence-electron chi connectivity index (χ4n) is 4.83. The van der Waals surface area contributed by atoms with E-state index in [4.69, 9.17) is 0 Å². The van der Waals surface area contributed by atoms with Crippen molar-refractivity contribution in [2.45, 2.75) is 109 Å². The molecule has 2 aromatic rings. The number of carbonyl (C=O) groups excluding carboxylic acids is 1. The Morgan fingerprint density at radius 2 is 1.38 bits per heavy atom. The molecule has 0 radical (unpaired) electrons. The van der Waals surface area contributed by atoms with Gasteiger partial charge in [0.1, 0.15) is 4.75 Å². The molecule has 0 heterocycles. The summed E-state index contributed by atoms with van der Waals surface area (Å²) in [5.74, 6) is -0.0903. The van der Waals surface area contributed by atoms with Crippen LogP contribution in [0.15, 0.2) is 48.5 Å². The van der Waals surface area contributed by atoms with Crippen LogP contribution in [0.5, 0.6) is 0 Å². The fraction of sp³-hybridized carbons (Fsp3) is 0.581. The molecule has 2 aromatic carbocycles. The van der Waals surface area contributed by atoms with Gasteiger partial charge in [0.2, 0.25) is 0 Å². The van der Waals surface area contributed by atoms with Gasteiger partial charge in [-0.1, -0.05) is 101 Å². The van der Waals surface area contributed by atoms with Gasteiger partial charge < -0.3 is 5.32 Å². The quantitative estimate of drug-likeness (QED) is 0.154. The number of amides is 1. The first-order valence-corrected chi connectivity index (χ1v) is 15.5. The summed E-state index contributed by atoms with van der Waals surface area (Å²) in [7, 11) is -4.27. The molecule has 0 aliphatic heterocycles. The molecule has 37 heavy (non-hydrogen) atoms. The van der Waals surface area contributed by atoms with Crippen molar-refractivity contribution in [3.05, 3.63) is 70.8 Å². The van der Waals surface area contributed by atoms with E-state index in [9.17, 15) is 17.8 Å². The molecule has 0 bridgehead atoms. The number of unbranched alkanes of at least 4 members (excludes halogenated alkanes) is 9. The standard InChI is InChI=1S/C31H47NO4S/c1-4-5-6-7-8-9-10-11-12-16-23-28-26(21-17-24-29(28)31(2,3)37(34,35)36)22-18-25-32-30(33)27-19-14-13-15-20-27/h13-15,17,19-21,24H,4-12,16,18,22-23,25H2,1-3H3,(H,32,33)(H,34,35,36). The molecule has 2 rings (SSSR count). The van der Waals surface area contributed by atoms with E-state index < -0.39 is 14.9 Å². The number of rotatable bonds is 18. The largest absolute Gasteiger partial charge is 0.352 e. The Labute approximate surface area is 225 Å². The summed E-state index contributed by atoms with van der Waals surface area (Å²) in [6.45, 7) is 5.93. The highest BCUT2D eigenvalue weighted by atomic mass is 32.2. The summed E-state index contributed by atoms with van der Waals surface area (Å²) < 4.78 is 33.1. The Morgan fingerprint density at radius 3 is 1.97 bits per heavy atom. The van der Waals surface area contributed by atoms with Crippen LogP contribution >= 0.6 is 0 Å². The highest BCUT2D eigenvalue weighted by molar-refractivity contribution is 7.86. The second-order valence-electron chi connectivity index (χ2n) is 10.6. The summed E-state index contributed by atoms with van der Waals surface area (Å²) >= 11 is 0. The molecule has 6 heteroatoms. The van der Waals surface area contributed by atoms with Crippen LogP contribution in [-0.4, -0.2) is 25.4 Å². The SMILES string of the molecule is CCCCCCCCCCCCc1c(CCCNC(=O)c2ccccc2)cccc1C(C)(C)S(=O)(=O)O.